The van der Waals surface area contributed by atoms with E-state index in [-0.39, 0.29) is 17.2 Å². The van der Waals surface area contributed by atoms with Gasteiger partial charge in [-0.2, -0.15) is 0 Å². The molecule has 1 unspecified atom stereocenters. The minimum atomic E-state index is -0.680. The molecule has 5 heteroatoms. The molecule has 0 aliphatic heterocycles. The van der Waals surface area contributed by atoms with Crippen molar-refractivity contribution in [3.05, 3.63) is 40.7 Å². The number of carbonyl (C=O) groups excluding carboxylic acids is 1. The zero-order chi connectivity index (χ0) is 14.5. The van der Waals surface area contributed by atoms with Crippen LogP contribution in [0.25, 0.3) is 6.08 Å². The number of hydrogen-bond donors (Lipinski definition) is 2. The van der Waals surface area contributed by atoms with E-state index in [1.165, 1.54) is 24.3 Å². The molecule has 0 radical (unpaired) electrons. The Hall–Kier alpha value is -1.39. The minimum Gasteiger partial charge on any atom is -0.394 e. The van der Waals surface area contributed by atoms with Gasteiger partial charge in [-0.1, -0.05) is 24.6 Å². The molecule has 19 heavy (non-hydrogen) atoms. The van der Waals surface area contributed by atoms with Crippen molar-refractivity contribution in [1.82, 2.24) is 5.32 Å². The predicted octanol–water partition coefficient (Wildman–Crippen LogP) is 2.77. The zero-order valence-corrected chi connectivity index (χ0v) is 11.7. The van der Waals surface area contributed by atoms with Crippen molar-refractivity contribution in [2.45, 2.75) is 25.8 Å². The van der Waals surface area contributed by atoms with Crippen LogP contribution in [0.3, 0.4) is 0 Å². The summed E-state index contributed by atoms with van der Waals surface area (Å²) in [4.78, 5) is 11.7. The molecule has 104 valence electrons. The maximum atomic E-state index is 13.5. The van der Waals surface area contributed by atoms with Crippen molar-refractivity contribution in [1.29, 1.82) is 0 Å². The van der Waals surface area contributed by atoms with E-state index in [9.17, 15) is 14.3 Å². The normalized spacial score (nSPS) is 14.4. The lowest BCUT2D eigenvalue weighted by molar-refractivity contribution is -0.118. The lowest BCUT2D eigenvalue weighted by atomic mass is 10.0. The van der Waals surface area contributed by atoms with Gasteiger partial charge in [0.1, 0.15) is 5.82 Å². The second-order valence-electron chi connectivity index (χ2n) is 4.53. The second-order valence-corrected chi connectivity index (χ2v) is 4.94. The first-order chi connectivity index (χ1) is 8.91. The molecule has 0 aliphatic rings. The Morgan fingerprint density at radius 2 is 2.26 bits per heavy atom. The number of aliphatic hydroxyl groups is 1. The first-order valence-electron chi connectivity index (χ1n) is 5.97. The minimum absolute atomic E-state index is 0.163. The predicted molar refractivity (Wildman–Crippen MR) is 74.4 cm³/mol. The van der Waals surface area contributed by atoms with Gasteiger partial charge in [0.15, 0.2) is 0 Å². The van der Waals surface area contributed by atoms with Crippen LogP contribution in [0.2, 0.25) is 5.02 Å². The van der Waals surface area contributed by atoms with Crippen LogP contribution in [0.5, 0.6) is 0 Å². The molecule has 1 rings (SSSR count). The maximum absolute atomic E-state index is 13.5. The Morgan fingerprint density at radius 3 is 2.79 bits per heavy atom. The summed E-state index contributed by atoms with van der Waals surface area (Å²) in [6.45, 7) is 3.42. The molecule has 2 N–H and O–H groups in total. The molecule has 1 aromatic carbocycles. The highest BCUT2D eigenvalue weighted by atomic mass is 35.5. The van der Waals surface area contributed by atoms with Crippen LogP contribution in [0.1, 0.15) is 25.8 Å². The van der Waals surface area contributed by atoms with Gasteiger partial charge in [0.05, 0.1) is 17.2 Å². The lowest BCUT2D eigenvalue weighted by Crippen LogP contribution is -2.47. The second kappa shape index (κ2) is 6.68. The quantitative estimate of drug-likeness (QED) is 0.817. The van der Waals surface area contributed by atoms with Crippen LogP contribution in [0.15, 0.2) is 24.3 Å². The van der Waals surface area contributed by atoms with Crippen LogP contribution >= 0.6 is 11.6 Å². The average Bonchev–Trinajstić information content (AvgIpc) is 2.38. The molecule has 1 amide bonds. The van der Waals surface area contributed by atoms with Gasteiger partial charge >= 0.3 is 0 Å². The van der Waals surface area contributed by atoms with E-state index in [1.54, 1.807) is 13.0 Å². The van der Waals surface area contributed by atoms with Gasteiger partial charge in [-0.05, 0) is 31.6 Å². The topological polar surface area (TPSA) is 49.3 Å². The van der Waals surface area contributed by atoms with Crippen molar-refractivity contribution >= 4 is 23.6 Å². The van der Waals surface area contributed by atoms with Gasteiger partial charge in [0.25, 0.3) is 0 Å². The highest BCUT2D eigenvalue weighted by Gasteiger charge is 2.21. The van der Waals surface area contributed by atoms with Gasteiger partial charge in [-0.25, -0.2) is 4.39 Å². The van der Waals surface area contributed by atoms with E-state index in [0.717, 1.165) is 0 Å². The Labute approximate surface area is 117 Å². The number of aliphatic hydroxyl groups excluding tert-OH is 1. The highest BCUT2D eigenvalue weighted by molar-refractivity contribution is 6.32. The molecule has 0 saturated carbocycles. The summed E-state index contributed by atoms with van der Waals surface area (Å²) in [6, 6.07) is 4.31. The molecule has 0 aromatic heterocycles. The number of carbonyl (C=O) groups is 1. The van der Waals surface area contributed by atoms with Crippen molar-refractivity contribution in [2.75, 3.05) is 6.61 Å². The summed E-state index contributed by atoms with van der Waals surface area (Å²) in [5.41, 5.74) is -0.512. The van der Waals surface area contributed by atoms with Gasteiger partial charge in [0.2, 0.25) is 5.91 Å². The number of rotatable bonds is 5. The Balaban J connectivity index is 2.80. The summed E-state index contributed by atoms with van der Waals surface area (Å²) >= 11 is 5.84. The Kier molecular flexibility index (Phi) is 5.51. The average molecular weight is 286 g/mol. The summed E-state index contributed by atoms with van der Waals surface area (Å²) in [6.07, 6.45) is 3.11. The number of benzene rings is 1. The number of amides is 1. The van der Waals surface area contributed by atoms with Crippen molar-refractivity contribution in [3.63, 3.8) is 0 Å². The molecule has 1 aromatic rings. The van der Waals surface area contributed by atoms with Crippen LogP contribution < -0.4 is 5.32 Å². The van der Waals surface area contributed by atoms with E-state index < -0.39 is 17.3 Å². The highest BCUT2D eigenvalue weighted by Crippen LogP contribution is 2.20. The smallest absolute Gasteiger partial charge is 0.244 e. The third-order valence-corrected chi connectivity index (χ3v) is 3.28. The summed E-state index contributed by atoms with van der Waals surface area (Å²) < 4.78 is 13.5. The first kappa shape index (κ1) is 15.7. The largest absolute Gasteiger partial charge is 0.394 e. The molecule has 1 atom stereocenters. The third kappa shape index (κ3) is 4.33. The van der Waals surface area contributed by atoms with E-state index in [0.29, 0.717) is 6.42 Å². The Morgan fingerprint density at radius 1 is 1.58 bits per heavy atom. The van der Waals surface area contributed by atoms with Crippen LogP contribution in [0.4, 0.5) is 4.39 Å². The summed E-state index contributed by atoms with van der Waals surface area (Å²) in [7, 11) is 0. The monoisotopic (exact) mass is 285 g/mol. The number of hydrogen-bond acceptors (Lipinski definition) is 2. The molecule has 0 saturated heterocycles. The molecular weight excluding hydrogens is 269 g/mol. The SMILES string of the molecule is CCC(C)(CO)NC(=O)C=Cc1c(F)cccc1Cl. The van der Waals surface area contributed by atoms with Gasteiger partial charge in [-0.3, -0.25) is 4.79 Å². The fourth-order valence-electron chi connectivity index (χ4n) is 1.41. The van der Waals surface area contributed by atoms with E-state index >= 15 is 0 Å². The van der Waals surface area contributed by atoms with E-state index in [1.807, 2.05) is 6.92 Å². The standard InChI is InChI=1S/C14H17ClFNO2/c1-3-14(2,9-18)17-13(19)8-7-10-11(15)5-4-6-12(10)16/h4-8,18H,3,9H2,1-2H3,(H,17,19). The first-order valence-corrected chi connectivity index (χ1v) is 6.35. The molecular formula is C14H17ClFNO2. The molecule has 0 aliphatic carbocycles. The third-order valence-electron chi connectivity index (χ3n) is 2.96. The number of halogens is 2. The van der Waals surface area contributed by atoms with Crippen molar-refractivity contribution in [3.8, 4) is 0 Å². The van der Waals surface area contributed by atoms with Crippen LogP contribution in [-0.2, 0) is 4.79 Å². The summed E-state index contributed by atoms with van der Waals surface area (Å²) in [5, 5.41) is 12.1. The fourth-order valence-corrected chi connectivity index (χ4v) is 1.63. The van der Waals surface area contributed by atoms with Crippen LogP contribution in [-0.4, -0.2) is 23.2 Å². The number of nitrogens with one attached hydrogen (secondary N) is 1. The van der Waals surface area contributed by atoms with Crippen LogP contribution in [0, 0.1) is 5.82 Å². The zero-order valence-electron chi connectivity index (χ0n) is 10.9. The van der Waals surface area contributed by atoms with Gasteiger partial charge in [0, 0.05) is 11.6 Å². The van der Waals surface area contributed by atoms with E-state index in [2.05, 4.69) is 5.32 Å². The summed E-state index contributed by atoms with van der Waals surface area (Å²) in [5.74, 6) is -0.894. The molecule has 0 spiro atoms. The fraction of sp³-hybridized carbons (Fsp3) is 0.357. The lowest BCUT2D eigenvalue weighted by Gasteiger charge is -2.26. The van der Waals surface area contributed by atoms with Gasteiger partial charge in [-0.15, -0.1) is 0 Å². The van der Waals surface area contributed by atoms with Crippen molar-refractivity contribution in [2.24, 2.45) is 0 Å². The molecule has 0 fully saturated rings. The van der Waals surface area contributed by atoms with Gasteiger partial charge < -0.3 is 10.4 Å². The molecule has 0 bridgehead atoms. The molecule has 0 heterocycles. The molecule has 3 nitrogen and oxygen atoms in total. The van der Waals surface area contributed by atoms with E-state index in [4.69, 9.17) is 11.6 Å². The maximum Gasteiger partial charge on any atom is 0.244 e. The Bertz CT molecular complexity index is 464. The van der Waals surface area contributed by atoms with Crippen molar-refractivity contribution < 1.29 is 14.3 Å².